The van der Waals surface area contributed by atoms with Crippen LogP contribution in [-0.4, -0.2) is 30.3 Å². The average molecular weight is 386 g/mol. The summed E-state index contributed by atoms with van der Waals surface area (Å²) in [6.45, 7) is 4.37. The minimum Gasteiger partial charge on any atom is -0.350 e. The van der Waals surface area contributed by atoms with Gasteiger partial charge in [-0.1, -0.05) is 25.1 Å². The summed E-state index contributed by atoms with van der Waals surface area (Å²) in [4.78, 5) is 17.4. The fraction of sp³-hybridized carbons (Fsp3) is 0.263. The van der Waals surface area contributed by atoms with E-state index in [2.05, 4.69) is 10.3 Å². The molecule has 0 saturated carbocycles. The molecule has 0 spiro atoms. The number of aromatic nitrogens is 2. The van der Waals surface area contributed by atoms with Crippen molar-refractivity contribution in [2.75, 3.05) is 6.54 Å². The fourth-order valence-electron chi connectivity index (χ4n) is 2.99. The van der Waals surface area contributed by atoms with Crippen LogP contribution in [0.2, 0.25) is 0 Å². The maximum Gasteiger partial charge on any atom is 0.270 e. The minimum absolute atomic E-state index is 0.0731. The second-order valence-electron chi connectivity index (χ2n) is 6.34. The molecular formula is C19H22N4O3S. The maximum atomic E-state index is 12.7. The summed E-state index contributed by atoms with van der Waals surface area (Å²) in [5, 5.41) is 8.01. The van der Waals surface area contributed by atoms with E-state index in [0.29, 0.717) is 25.1 Å². The molecule has 0 saturated heterocycles. The van der Waals surface area contributed by atoms with Crippen molar-refractivity contribution in [2.24, 2.45) is 5.14 Å². The van der Waals surface area contributed by atoms with E-state index in [0.717, 1.165) is 22.5 Å². The van der Waals surface area contributed by atoms with Gasteiger partial charge in [-0.3, -0.25) is 9.20 Å². The quantitative estimate of drug-likeness (QED) is 0.674. The number of nitrogens with two attached hydrogens (primary N) is 1. The van der Waals surface area contributed by atoms with Crippen molar-refractivity contribution in [3.05, 3.63) is 65.1 Å². The van der Waals surface area contributed by atoms with Gasteiger partial charge in [-0.15, -0.1) is 0 Å². The number of fused-ring (bicyclic) bond motifs is 1. The van der Waals surface area contributed by atoms with Crippen LogP contribution in [0.3, 0.4) is 0 Å². The molecular weight excluding hydrogens is 364 g/mol. The Morgan fingerprint density at radius 3 is 2.56 bits per heavy atom. The number of rotatable bonds is 6. The van der Waals surface area contributed by atoms with E-state index < -0.39 is 10.0 Å². The number of benzene rings is 1. The number of primary sulfonamides is 1. The lowest BCUT2D eigenvalue weighted by atomic mass is 10.1. The third-order valence-electron chi connectivity index (χ3n) is 4.42. The Morgan fingerprint density at radius 2 is 1.93 bits per heavy atom. The summed E-state index contributed by atoms with van der Waals surface area (Å²) < 4.78 is 24.4. The molecule has 3 aromatic rings. The van der Waals surface area contributed by atoms with Crippen molar-refractivity contribution < 1.29 is 13.2 Å². The minimum atomic E-state index is -3.69. The van der Waals surface area contributed by atoms with Crippen molar-refractivity contribution in [1.82, 2.24) is 14.7 Å². The van der Waals surface area contributed by atoms with Gasteiger partial charge in [-0.05, 0) is 49.1 Å². The number of carbonyl (C=O) groups is 1. The molecule has 0 aliphatic carbocycles. The second kappa shape index (κ2) is 7.50. The number of carbonyl (C=O) groups excluding carboxylic acids is 1. The van der Waals surface area contributed by atoms with E-state index in [-0.39, 0.29) is 10.8 Å². The highest BCUT2D eigenvalue weighted by atomic mass is 32.2. The first kappa shape index (κ1) is 19.1. The van der Waals surface area contributed by atoms with Crippen LogP contribution >= 0.6 is 0 Å². The summed E-state index contributed by atoms with van der Waals surface area (Å²) in [6, 6.07) is 10.2. The molecule has 0 bridgehead atoms. The highest BCUT2D eigenvalue weighted by Crippen LogP contribution is 2.16. The number of imidazole rings is 1. The van der Waals surface area contributed by atoms with Gasteiger partial charge in [0.1, 0.15) is 11.3 Å². The van der Waals surface area contributed by atoms with Gasteiger partial charge in [0.2, 0.25) is 10.0 Å². The van der Waals surface area contributed by atoms with Gasteiger partial charge in [-0.2, -0.15) is 0 Å². The summed E-state index contributed by atoms with van der Waals surface area (Å²) in [5.41, 5.74) is 4.03. The highest BCUT2D eigenvalue weighted by molar-refractivity contribution is 7.89. The summed E-state index contributed by atoms with van der Waals surface area (Å²) in [6.07, 6.45) is 3.09. The molecule has 0 aliphatic heterocycles. The first-order chi connectivity index (χ1) is 12.8. The van der Waals surface area contributed by atoms with Crippen LogP contribution in [-0.2, 0) is 22.9 Å². The Bertz CT molecular complexity index is 1090. The van der Waals surface area contributed by atoms with E-state index in [9.17, 15) is 13.2 Å². The number of nitrogens with zero attached hydrogens (tertiary/aromatic N) is 2. The Kier molecular flexibility index (Phi) is 5.29. The molecule has 27 heavy (non-hydrogen) atoms. The molecule has 3 N–H and O–H groups in total. The molecule has 1 amide bonds. The summed E-state index contributed by atoms with van der Waals surface area (Å²) >= 11 is 0. The number of nitrogens with one attached hydrogen (secondary N) is 1. The van der Waals surface area contributed by atoms with Crippen molar-refractivity contribution >= 4 is 21.6 Å². The van der Waals surface area contributed by atoms with Crippen LogP contribution in [0.15, 0.2) is 47.5 Å². The topological polar surface area (TPSA) is 107 Å². The number of amides is 1. The van der Waals surface area contributed by atoms with Crippen LogP contribution in [0.5, 0.6) is 0 Å². The molecule has 3 rings (SSSR count). The van der Waals surface area contributed by atoms with E-state index in [1.165, 1.54) is 12.1 Å². The first-order valence-electron chi connectivity index (χ1n) is 8.67. The van der Waals surface area contributed by atoms with Gasteiger partial charge < -0.3 is 5.32 Å². The van der Waals surface area contributed by atoms with Crippen molar-refractivity contribution in [3.63, 3.8) is 0 Å². The van der Waals surface area contributed by atoms with Gasteiger partial charge >= 0.3 is 0 Å². The summed E-state index contributed by atoms with van der Waals surface area (Å²) in [5.74, 6) is -0.175. The van der Waals surface area contributed by atoms with Crippen LogP contribution in [0.1, 0.15) is 34.2 Å². The molecule has 2 heterocycles. The largest absolute Gasteiger partial charge is 0.350 e. The van der Waals surface area contributed by atoms with E-state index >= 15 is 0 Å². The van der Waals surface area contributed by atoms with Crippen LogP contribution in [0.4, 0.5) is 0 Å². The first-order valence-corrected chi connectivity index (χ1v) is 10.2. The van der Waals surface area contributed by atoms with Crippen molar-refractivity contribution in [3.8, 4) is 0 Å². The zero-order chi connectivity index (χ0) is 19.6. The van der Waals surface area contributed by atoms with E-state index in [4.69, 9.17) is 5.14 Å². The van der Waals surface area contributed by atoms with Gasteiger partial charge in [0, 0.05) is 12.7 Å². The number of pyridine rings is 1. The SMILES string of the molecule is CCc1nc2c(C)cccn2c1C(=O)NCCc1ccc(S(N)(=O)=O)cc1. The van der Waals surface area contributed by atoms with Crippen molar-refractivity contribution in [2.45, 2.75) is 31.6 Å². The second-order valence-corrected chi connectivity index (χ2v) is 7.90. The molecule has 8 heteroatoms. The zero-order valence-electron chi connectivity index (χ0n) is 15.3. The van der Waals surface area contributed by atoms with Gasteiger partial charge in [0.05, 0.1) is 10.6 Å². The lowest BCUT2D eigenvalue weighted by Crippen LogP contribution is -2.27. The maximum absolute atomic E-state index is 12.7. The predicted octanol–water partition coefficient (Wildman–Crippen LogP) is 1.83. The van der Waals surface area contributed by atoms with Gasteiger partial charge in [-0.25, -0.2) is 18.5 Å². The third kappa shape index (κ3) is 4.01. The highest BCUT2D eigenvalue weighted by Gasteiger charge is 2.18. The third-order valence-corrected chi connectivity index (χ3v) is 5.35. The Labute approximate surface area is 158 Å². The number of hydrogen-bond donors (Lipinski definition) is 2. The molecule has 0 fully saturated rings. The Morgan fingerprint density at radius 1 is 1.22 bits per heavy atom. The monoisotopic (exact) mass is 386 g/mol. The van der Waals surface area contributed by atoms with E-state index in [1.807, 2.05) is 36.6 Å². The molecule has 142 valence electrons. The van der Waals surface area contributed by atoms with Crippen molar-refractivity contribution in [1.29, 1.82) is 0 Å². The molecule has 7 nitrogen and oxygen atoms in total. The lowest BCUT2D eigenvalue weighted by molar-refractivity contribution is 0.0947. The number of sulfonamides is 1. The van der Waals surface area contributed by atoms with Gasteiger partial charge in [0.25, 0.3) is 5.91 Å². The number of hydrogen-bond acceptors (Lipinski definition) is 4. The Hall–Kier alpha value is -2.71. The molecule has 0 radical (unpaired) electrons. The molecule has 1 aromatic carbocycles. The lowest BCUT2D eigenvalue weighted by Gasteiger charge is -2.07. The van der Waals surface area contributed by atoms with Crippen LogP contribution in [0.25, 0.3) is 5.65 Å². The van der Waals surface area contributed by atoms with Crippen LogP contribution in [0, 0.1) is 6.92 Å². The predicted molar refractivity (Wildman–Crippen MR) is 103 cm³/mol. The molecule has 0 atom stereocenters. The molecule has 0 aliphatic rings. The smallest absolute Gasteiger partial charge is 0.270 e. The van der Waals surface area contributed by atoms with E-state index in [1.54, 1.807) is 12.1 Å². The fourth-order valence-corrected chi connectivity index (χ4v) is 3.50. The number of aryl methyl sites for hydroxylation is 2. The summed E-state index contributed by atoms with van der Waals surface area (Å²) in [7, 11) is -3.69. The van der Waals surface area contributed by atoms with Gasteiger partial charge in [0.15, 0.2) is 0 Å². The average Bonchev–Trinajstić information content (AvgIpc) is 3.01. The van der Waals surface area contributed by atoms with Crippen LogP contribution < -0.4 is 10.5 Å². The Balaban J connectivity index is 1.71. The molecule has 0 unspecified atom stereocenters. The molecule has 2 aromatic heterocycles. The zero-order valence-corrected chi connectivity index (χ0v) is 16.1. The standard InChI is InChI=1S/C19H22N4O3S/c1-3-16-17(23-12-4-5-13(2)18(23)22-16)19(24)21-11-10-14-6-8-15(9-7-14)27(20,25)26/h4-9,12H,3,10-11H2,1-2H3,(H,21,24)(H2,20,25,26). The normalized spacial score (nSPS) is 11.7.